The molecular weight excluding hydrogens is 555 g/mol. The fourth-order valence-electron chi connectivity index (χ4n) is 4.79. The Hall–Kier alpha value is -4.19. The van der Waals surface area contributed by atoms with E-state index in [1.165, 1.54) is 18.2 Å². The van der Waals surface area contributed by atoms with Crippen molar-refractivity contribution < 1.29 is 26.3 Å². The van der Waals surface area contributed by atoms with E-state index in [9.17, 15) is 21.6 Å². The number of pyridine rings is 3. The van der Waals surface area contributed by atoms with Crippen LogP contribution in [-0.4, -0.2) is 36.3 Å². The second-order valence-corrected chi connectivity index (χ2v) is 11.4. The molecule has 0 spiro atoms. The molecule has 0 radical (unpaired) electrons. The van der Waals surface area contributed by atoms with E-state index in [0.29, 0.717) is 23.6 Å². The van der Waals surface area contributed by atoms with Crippen LogP contribution in [0.25, 0.3) is 22.5 Å². The third-order valence-electron chi connectivity index (χ3n) is 6.72. The smallest absolute Gasteiger partial charge is 0.388 e. The maximum atomic E-state index is 13.3. The van der Waals surface area contributed by atoms with E-state index in [1.54, 1.807) is 24.3 Å². The predicted molar refractivity (Wildman–Crippen MR) is 150 cm³/mol. The van der Waals surface area contributed by atoms with Crippen molar-refractivity contribution in [2.75, 3.05) is 16.6 Å². The van der Waals surface area contributed by atoms with Crippen LogP contribution in [0.5, 0.6) is 5.88 Å². The van der Waals surface area contributed by atoms with Crippen LogP contribution < -0.4 is 14.8 Å². The Morgan fingerprint density at radius 1 is 0.829 bits per heavy atom. The number of nitrogens with one attached hydrogen (secondary N) is 2. The van der Waals surface area contributed by atoms with Gasteiger partial charge in [-0.15, -0.1) is 13.2 Å². The fourth-order valence-corrected chi connectivity index (χ4v) is 5.76. The Balaban J connectivity index is 1.66. The number of halogens is 3. The van der Waals surface area contributed by atoms with Gasteiger partial charge in [0.05, 0.1) is 11.4 Å². The molecule has 214 valence electrons. The highest BCUT2D eigenvalue weighted by Crippen LogP contribution is 2.38. The molecule has 0 saturated carbocycles. The molecule has 1 unspecified atom stereocenters. The summed E-state index contributed by atoms with van der Waals surface area (Å²) in [6.45, 7) is 2.77. The molecule has 8 nitrogen and oxygen atoms in total. The molecule has 0 aliphatic carbocycles. The Morgan fingerprint density at radius 2 is 1.63 bits per heavy atom. The second-order valence-electron chi connectivity index (χ2n) is 9.73. The molecule has 3 aromatic heterocycles. The van der Waals surface area contributed by atoms with E-state index in [0.717, 1.165) is 42.9 Å². The number of sulfonamides is 1. The van der Waals surface area contributed by atoms with Crippen molar-refractivity contribution >= 4 is 21.7 Å². The normalized spacial score (nSPS) is 17.3. The van der Waals surface area contributed by atoms with Gasteiger partial charge in [-0.05, 0) is 54.7 Å². The van der Waals surface area contributed by atoms with Gasteiger partial charge < -0.3 is 10.1 Å². The van der Waals surface area contributed by atoms with Crippen molar-refractivity contribution in [3.8, 4) is 28.4 Å². The summed E-state index contributed by atoms with van der Waals surface area (Å²) in [4.78, 5) is 13.0. The zero-order valence-corrected chi connectivity index (χ0v) is 23.0. The highest BCUT2D eigenvalue weighted by Gasteiger charge is 2.32. The molecule has 0 fully saturated rings. The fraction of sp³-hybridized carbons (Fsp3) is 0.276. The zero-order chi connectivity index (χ0) is 29.0. The molecule has 0 saturated heterocycles. The molecular formula is C29H28F3N5O3S. The monoisotopic (exact) mass is 583 g/mol. The summed E-state index contributed by atoms with van der Waals surface area (Å²) >= 11 is 0. The molecule has 12 heteroatoms. The van der Waals surface area contributed by atoms with Crippen molar-refractivity contribution in [2.24, 2.45) is 0 Å². The lowest BCUT2D eigenvalue weighted by Gasteiger charge is -2.19. The molecule has 0 amide bonds. The zero-order valence-electron chi connectivity index (χ0n) is 22.1. The Morgan fingerprint density at radius 3 is 2.46 bits per heavy atom. The van der Waals surface area contributed by atoms with E-state index in [4.69, 9.17) is 0 Å². The van der Waals surface area contributed by atoms with Gasteiger partial charge in [0.2, 0.25) is 5.88 Å². The predicted octanol–water partition coefficient (Wildman–Crippen LogP) is 6.99. The molecule has 1 atom stereocenters. The summed E-state index contributed by atoms with van der Waals surface area (Å²) in [5.74, 6) is -0.000725. The van der Waals surface area contributed by atoms with Gasteiger partial charge in [-0.3, -0.25) is 4.72 Å². The van der Waals surface area contributed by atoms with Gasteiger partial charge in [-0.25, -0.2) is 15.0 Å². The summed E-state index contributed by atoms with van der Waals surface area (Å²) < 4.78 is 71.8. The molecule has 5 rings (SSSR count). The van der Waals surface area contributed by atoms with Gasteiger partial charge in [0, 0.05) is 23.7 Å². The van der Waals surface area contributed by atoms with Crippen molar-refractivity contribution in [1.82, 2.24) is 15.0 Å². The number of anilines is 2. The van der Waals surface area contributed by atoms with Crippen LogP contribution in [0.1, 0.15) is 44.1 Å². The van der Waals surface area contributed by atoms with Crippen LogP contribution in [0, 0.1) is 0 Å². The standard InChI is InChI=1S/C29H28F3N5O3S/c1-19-9-3-2-6-18-33-24-13-8-15-27(35-24)41(38,39)37-25-17-16-22(28(36-25)21-11-5-4-10-20(19)21)23-12-7-14-26(34-23)40-29(30,31)32/h4-5,7-8,10-17,19H,2-3,6,9,18H2,1H3,(H,33,35)(H,36,37). The molecule has 1 aliphatic rings. The first-order valence-electron chi connectivity index (χ1n) is 13.2. The first kappa shape index (κ1) is 28.3. The van der Waals surface area contributed by atoms with Crippen molar-refractivity contribution in [3.63, 3.8) is 0 Å². The average molecular weight is 584 g/mol. The topological polar surface area (TPSA) is 106 Å². The number of fused-ring (bicyclic) bond motifs is 6. The third-order valence-corrected chi connectivity index (χ3v) is 7.98. The molecule has 2 N–H and O–H groups in total. The van der Waals surface area contributed by atoms with Crippen molar-refractivity contribution in [2.45, 2.75) is 49.9 Å². The maximum Gasteiger partial charge on any atom is 0.574 e. The quantitative estimate of drug-likeness (QED) is 0.262. The largest absolute Gasteiger partial charge is 0.574 e. The van der Waals surface area contributed by atoms with Gasteiger partial charge in [-0.2, -0.15) is 8.42 Å². The lowest BCUT2D eigenvalue weighted by molar-refractivity contribution is -0.276. The first-order chi connectivity index (χ1) is 19.6. The van der Waals surface area contributed by atoms with Crippen LogP contribution in [0.3, 0.4) is 0 Å². The number of hydrogen-bond donors (Lipinski definition) is 2. The minimum atomic E-state index is -4.90. The van der Waals surface area contributed by atoms with E-state index >= 15 is 0 Å². The third kappa shape index (κ3) is 6.94. The number of alkyl halides is 3. The Bertz CT molecular complexity index is 1650. The van der Waals surface area contributed by atoms with Gasteiger partial charge in [0.25, 0.3) is 10.0 Å². The number of benzene rings is 1. The molecule has 4 aromatic rings. The highest BCUT2D eigenvalue weighted by atomic mass is 32.2. The van der Waals surface area contributed by atoms with Crippen LogP contribution in [-0.2, 0) is 10.0 Å². The minimum absolute atomic E-state index is 0.0263. The summed E-state index contributed by atoms with van der Waals surface area (Å²) in [7, 11) is -4.11. The average Bonchev–Trinajstić information content (AvgIpc) is 2.93. The van der Waals surface area contributed by atoms with Crippen LogP contribution in [0.4, 0.5) is 24.8 Å². The lowest BCUT2D eigenvalue weighted by Crippen LogP contribution is -2.18. The number of ether oxygens (including phenoxy) is 1. The Kier molecular flexibility index (Phi) is 8.11. The van der Waals surface area contributed by atoms with E-state index in [2.05, 4.69) is 36.7 Å². The summed E-state index contributed by atoms with van der Waals surface area (Å²) in [6, 6.07) is 19.4. The molecule has 1 aromatic carbocycles. The van der Waals surface area contributed by atoms with Gasteiger partial charge in [0.1, 0.15) is 11.6 Å². The summed E-state index contributed by atoms with van der Waals surface area (Å²) in [5, 5.41) is 3.01. The second kappa shape index (κ2) is 11.7. The van der Waals surface area contributed by atoms with Crippen molar-refractivity contribution in [3.05, 3.63) is 78.4 Å². The molecule has 4 heterocycles. The highest BCUT2D eigenvalue weighted by molar-refractivity contribution is 7.92. The molecule has 41 heavy (non-hydrogen) atoms. The van der Waals surface area contributed by atoms with Crippen molar-refractivity contribution in [1.29, 1.82) is 0 Å². The van der Waals surface area contributed by atoms with Gasteiger partial charge >= 0.3 is 6.36 Å². The lowest BCUT2D eigenvalue weighted by atomic mass is 9.88. The van der Waals surface area contributed by atoms with Crippen LogP contribution in [0.2, 0.25) is 0 Å². The van der Waals surface area contributed by atoms with E-state index < -0.39 is 22.3 Å². The van der Waals surface area contributed by atoms with E-state index in [1.807, 2.05) is 24.3 Å². The number of aromatic nitrogens is 3. The number of nitrogens with zero attached hydrogens (tertiary/aromatic N) is 3. The number of hydrogen-bond acceptors (Lipinski definition) is 7. The maximum absolute atomic E-state index is 13.3. The molecule has 4 bridgehead atoms. The van der Waals surface area contributed by atoms with Gasteiger partial charge in [-0.1, -0.05) is 56.2 Å². The summed E-state index contributed by atoms with van der Waals surface area (Å²) in [5.41, 5.74) is 2.70. The Labute approximate surface area is 236 Å². The first-order valence-corrected chi connectivity index (χ1v) is 14.6. The van der Waals surface area contributed by atoms with Crippen LogP contribution >= 0.6 is 0 Å². The molecule has 1 aliphatic heterocycles. The van der Waals surface area contributed by atoms with Gasteiger partial charge in [0.15, 0.2) is 5.03 Å². The van der Waals surface area contributed by atoms with E-state index in [-0.39, 0.29) is 22.5 Å². The summed E-state index contributed by atoms with van der Waals surface area (Å²) in [6.07, 6.45) is -1.17. The number of rotatable bonds is 2. The van der Waals surface area contributed by atoms with Crippen LogP contribution in [0.15, 0.2) is 77.8 Å². The SMILES string of the molecule is CC1CCCCCNc2cccc(n2)S(=O)(=O)Nc2ccc(-c3cccc(OC(F)(F)F)n3)c(n2)-c2ccccc21. The minimum Gasteiger partial charge on any atom is -0.388 e.